The molecule has 4 nitrogen and oxygen atoms in total. The van der Waals surface area contributed by atoms with Crippen LogP contribution in [0.4, 0.5) is 5.82 Å². The van der Waals surface area contributed by atoms with E-state index in [9.17, 15) is 9.90 Å². The summed E-state index contributed by atoms with van der Waals surface area (Å²) in [6, 6.07) is 8.02. The second kappa shape index (κ2) is 4.05. The molecule has 1 aliphatic rings. The number of carboxylic acid groups (broad SMARTS) is 1. The molecular weight excluding hydrogens is 228 g/mol. The molecule has 1 heterocycles. The van der Waals surface area contributed by atoms with Crippen LogP contribution in [-0.2, 0) is 0 Å². The smallest absolute Gasteiger partial charge is 0.340 e. The molecule has 1 aromatic carbocycles. The zero-order valence-electron chi connectivity index (χ0n) is 10.3. The number of aromatic amines is 1. The van der Waals surface area contributed by atoms with Crippen molar-refractivity contribution in [1.29, 1.82) is 0 Å². The first-order valence-electron chi connectivity index (χ1n) is 6.25. The summed E-state index contributed by atoms with van der Waals surface area (Å²) < 4.78 is 0. The number of aromatic carboxylic acids is 1. The Labute approximate surface area is 105 Å². The van der Waals surface area contributed by atoms with Gasteiger partial charge in [0.25, 0.3) is 0 Å². The second-order valence-electron chi connectivity index (χ2n) is 4.89. The summed E-state index contributed by atoms with van der Waals surface area (Å²) in [5, 5.41) is 10.2. The van der Waals surface area contributed by atoms with Crippen molar-refractivity contribution < 1.29 is 9.90 Å². The Kier molecular flexibility index (Phi) is 2.51. The molecule has 18 heavy (non-hydrogen) atoms. The van der Waals surface area contributed by atoms with Gasteiger partial charge in [-0.3, -0.25) is 0 Å². The zero-order valence-corrected chi connectivity index (χ0v) is 10.3. The van der Waals surface area contributed by atoms with Gasteiger partial charge < -0.3 is 15.0 Å². The molecule has 0 saturated heterocycles. The lowest BCUT2D eigenvalue weighted by Crippen LogP contribution is -2.38. The summed E-state index contributed by atoms with van der Waals surface area (Å²) in [6.07, 6.45) is 3.52. The summed E-state index contributed by atoms with van der Waals surface area (Å²) >= 11 is 0. The Bertz CT molecular complexity index is 599. The molecule has 0 unspecified atom stereocenters. The first kappa shape index (κ1) is 11.1. The van der Waals surface area contributed by atoms with Gasteiger partial charge in [-0.2, -0.15) is 0 Å². The Morgan fingerprint density at radius 2 is 2.11 bits per heavy atom. The highest BCUT2D eigenvalue weighted by molar-refractivity contribution is 6.08. The third-order valence-corrected chi connectivity index (χ3v) is 3.88. The van der Waals surface area contributed by atoms with Crippen LogP contribution < -0.4 is 4.90 Å². The van der Waals surface area contributed by atoms with E-state index in [-0.39, 0.29) is 0 Å². The highest BCUT2D eigenvalue weighted by Gasteiger charge is 2.27. The van der Waals surface area contributed by atoms with Crippen molar-refractivity contribution >= 4 is 22.7 Å². The molecule has 0 spiro atoms. The number of carboxylic acids is 1. The number of fused-ring (bicyclic) bond motifs is 1. The standard InChI is InChI=1S/C14H16N2O2/c1-16(9-5-4-6-9)13-12(14(17)18)10-7-2-3-8-11(10)15-13/h2-3,7-9,15H,4-6H2,1H3,(H,17,18). The Morgan fingerprint density at radius 3 is 2.72 bits per heavy atom. The number of rotatable bonds is 3. The van der Waals surface area contributed by atoms with Crippen LogP contribution in [0, 0.1) is 0 Å². The van der Waals surface area contributed by atoms with Crippen LogP contribution in [-0.4, -0.2) is 29.1 Å². The number of hydrogen-bond donors (Lipinski definition) is 2. The molecule has 4 heteroatoms. The molecule has 2 aromatic rings. The van der Waals surface area contributed by atoms with Gasteiger partial charge in [-0.15, -0.1) is 0 Å². The van der Waals surface area contributed by atoms with Gasteiger partial charge in [0.2, 0.25) is 0 Å². The van der Waals surface area contributed by atoms with Crippen LogP contribution >= 0.6 is 0 Å². The predicted octanol–water partition coefficient (Wildman–Crippen LogP) is 2.85. The maximum atomic E-state index is 11.5. The summed E-state index contributed by atoms with van der Waals surface area (Å²) in [6.45, 7) is 0. The minimum absolute atomic E-state index is 0.389. The van der Waals surface area contributed by atoms with Crippen LogP contribution in [0.5, 0.6) is 0 Å². The third-order valence-electron chi connectivity index (χ3n) is 3.88. The molecule has 0 atom stereocenters. The Balaban J connectivity index is 2.14. The zero-order chi connectivity index (χ0) is 12.7. The van der Waals surface area contributed by atoms with E-state index in [0.29, 0.717) is 11.6 Å². The van der Waals surface area contributed by atoms with Gasteiger partial charge >= 0.3 is 5.97 Å². The minimum atomic E-state index is -0.867. The quantitative estimate of drug-likeness (QED) is 0.872. The van der Waals surface area contributed by atoms with E-state index in [2.05, 4.69) is 9.88 Å². The molecule has 1 fully saturated rings. The molecular formula is C14H16N2O2. The van der Waals surface area contributed by atoms with E-state index in [1.54, 1.807) is 0 Å². The predicted molar refractivity (Wildman–Crippen MR) is 71.3 cm³/mol. The van der Waals surface area contributed by atoms with Crippen molar-refractivity contribution in [3.63, 3.8) is 0 Å². The van der Waals surface area contributed by atoms with Crippen molar-refractivity contribution in [1.82, 2.24) is 4.98 Å². The normalized spacial score (nSPS) is 15.6. The first-order chi connectivity index (χ1) is 8.68. The Hall–Kier alpha value is -1.97. The molecule has 0 amide bonds. The van der Waals surface area contributed by atoms with Crippen LogP contribution in [0.15, 0.2) is 24.3 Å². The summed E-state index contributed by atoms with van der Waals surface area (Å²) in [5.74, 6) is -0.137. The van der Waals surface area contributed by atoms with Crippen LogP contribution in [0.25, 0.3) is 10.9 Å². The number of anilines is 1. The van der Waals surface area contributed by atoms with Gasteiger partial charge in [-0.05, 0) is 25.3 Å². The van der Waals surface area contributed by atoms with Gasteiger partial charge in [0.15, 0.2) is 0 Å². The fraction of sp³-hybridized carbons (Fsp3) is 0.357. The van der Waals surface area contributed by atoms with Gasteiger partial charge in [-0.25, -0.2) is 4.79 Å². The van der Waals surface area contributed by atoms with Crippen molar-refractivity contribution in [3.05, 3.63) is 29.8 Å². The van der Waals surface area contributed by atoms with Gasteiger partial charge in [-0.1, -0.05) is 18.2 Å². The van der Waals surface area contributed by atoms with E-state index in [1.807, 2.05) is 31.3 Å². The molecule has 3 rings (SSSR count). The maximum Gasteiger partial charge on any atom is 0.340 e. The monoisotopic (exact) mass is 244 g/mol. The largest absolute Gasteiger partial charge is 0.478 e. The van der Waals surface area contributed by atoms with E-state index in [0.717, 1.165) is 29.6 Å². The fourth-order valence-electron chi connectivity index (χ4n) is 2.57. The fourth-order valence-corrected chi connectivity index (χ4v) is 2.57. The molecule has 0 bridgehead atoms. The molecule has 0 radical (unpaired) electrons. The summed E-state index contributed by atoms with van der Waals surface area (Å²) in [5.41, 5.74) is 1.27. The summed E-state index contributed by atoms with van der Waals surface area (Å²) in [7, 11) is 1.97. The minimum Gasteiger partial charge on any atom is -0.478 e. The van der Waals surface area contributed by atoms with Crippen LogP contribution in [0.1, 0.15) is 29.6 Å². The highest BCUT2D eigenvalue weighted by Crippen LogP contribution is 2.33. The second-order valence-corrected chi connectivity index (χ2v) is 4.89. The molecule has 1 saturated carbocycles. The number of nitrogens with zero attached hydrogens (tertiary/aromatic N) is 1. The summed E-state index contributed by atoms with van der Waals surface area (Å²) in [4.78, 5) is 16.8. The van der Waals surface area contributed by atoms with Crippen LogP contribution in [0.3, 0.4) is 0 Å². The van der Waals surface area contributed by atoms with E-state index in [4.69, 9.17) is 0 Å². The topological polar surface area (TPSA) is 56.3 Å². The molecule has 1 aliphatic carbocycles. The third kappa shape index (κ3) is 1.56. The van der Waals surface area contributed by atoms with Crippen LogP contribution in [0.2, 0.25) is 0 Å². The van der Waals surface area contributed by atoms with E-state index in [1.165, 1.54) is 6.42 Å². The number of nitrogens with one attached hydrogen (secondary N) is 1. The number of hydrogen-bond acceptors (Lipinski definition) is 2. The maximum absolute atomic E-state index is 11.5. The van der Waals surface area contributed by atoms with Crippen molar-refractivity contribution in [2.45, 2.75) is 25.3 Å². The lowest BCUT2D eigenvalue weighted by Gasteiger charge is -2.35. The van der Waals surface area contributed by atoms with Crippen molar-refractivity contribution in [3.8, 4) is 0 Å². The first-order valence-corrected chi connectivity index (χ1v) is 6.25. The lowest BCUT2D eigenvalue weighted by atomic mass is 9.92. The van der Waals surface area contributed by atoms with Gasteiger partial charge in [0, 0.05) is 24.0 Å². The number of aromatic nitrogens is 1. The Morgan fingerprint density at radius 1 is 1.39 bits per heavy atom. The van der Waals surface area contributed by atoms with Gasteiger partial charge in [0.1, 0.15) is 11.4 Å². The average molecular weight is 244 g/mol. The van der Waals surface area contributed by atoms with Gasteiger partial charge in [0.05, 0.1) is 0 Å². The molecule has 1 aromatic heterocycles. The molecule has 2 N–H and O–H groups in total. The van der Waals surface area contributed by atoms with E-state index < -0.39 is 5.97 Å². The number of benzene rings is 1. The van der Waals surface area contributed by atoms with Crippen molar-refractivity contribution in [2.75, 3.05) is 11.9 Å². The number of carbonyl (C=O) groups is 1. The molecule has 94 valence electrons. The average Bonchev–Trinajstić information content (AvgIpc) is 2.65. The highest BCUT2D eigenvalue weighted by atomic mass is 16.4. The lowest BCUT2D eigenvalue weighted by molar-refractivity contribution is 0.0699. The number of H-pyrrole nitrogens is 1. The van der Waals surface area contributed by atoms with E-state index >= 15 is 0 Å². The van der Waals surface area contributed by atoms with Crippen molar-refractivity contribution in [2.24, 2.45) is 0 Å². The molecule has 0 aliphatic heterocycles. The number of para-hydroxylation sites is 1. The SMILES string of the molecule is CN(c1[nH]c2ccccc2c1C(=O)O)C1CCC1.